The first kappa shape index (κ1) is 8.55. The van der Waals surface area contributed by atoms with Gasteiger partial charge in [0.2, 0.25) is 0 Å². The lowest BCUT2D eigenvalue weighted by molar-refractivity contribution is 1.08. The summed E-state index contributed by atoms with van der Waals surface area (Å²) in [4.78, 5) is 0. The van der Waals surface area contributed by atoms with Crippen LogP contribution in [0.15, 0.2) is 17.7 Å². The van der Waals surface area contributed by atoms with E-state index in [0.29, 0.717) is 0 Å². The number of allylic oxidation sites excluding steroid dienone is 1. The summed E-state index contributed by atoms with van der Waals surface area (Å²) in [6.07, 6.45) is 4.66. The average Bonchev–Trinajstić information content (AvgIpc) is 2.45. The molecule has 0 aliphatic heterocycles. The van der Waals surface area contributed by atoms with E-state index in [-0.39, 0.29) is 0 Å². The van der Waals surface area contributed by atoms with Gasteiger partial charge in [-0.25, -0.2) is 0 Å². The third-order valence-corrected chi connectivity index (χ3v) is 2.90. The molecule has 0 atom stereocenters. The van der Waals surface area contributed by atoms with Gasteiger partial charge in [0.05, 0.1) is 0 Å². The van der Waals surface area contributed by atoms with E-state index in [1.165, 1.54) is 27.8 Å². The van der Waals surface area contributed by atoms with Crippen molar-refractivity contribution in [1.29, 1.82) is 0 Å². The lowest BCUT2D eigenvalue weighted by Crippen LogP contribution is -1.93. The largest absolute Gasteiger partial charge is 0.0683 e. The summed E-state index contributed by atoms with van der Waals surface area (Å²) < 4.78 is 0. The Hall–Kier alpha value is -1.04. The summed E-state index contributed by atoms with van der Waals surface area (Å²) in [5, 5.41) is 0. The molecule has 0 unspecified atom stereocenters. The van der Waals surface area contributed by atoms with Crippen LogP contribution in [0, 0.1) is 6.92 Å². The smallest absolute Gasteiger partial charge is 0.00605 e. The monoisotopic (exact) mass is 172 g/mol. The highest BCUT2D eigenvalue weighted by molar-refractivity contribution is 5.67. The van der Waals surface area contributed by atoms with Crippen molar-refractivity contribution in [1.82, 2.24) is 0 Å². The molecule has 0 nitrogen and oxygen atoms in total. The van der Waals surface area contributed by atoms with Gasteiger partial charge in [-0.05, 0) is 48.9 Å². The number of fused-ring (bicyclic) bond motifs is 1. The summed E-state index contributed by atoms with van der Waals surface area (Å²) in [6, 6.07) is 4.53. The molecule has 0 spiro atoms. The molecule has 0 heteroatoms. The lowest BCUT2D eigenvalue weighted by Gasteiger charge is -2.08. The van der Waals surface area contributed by atoms with E-state index < -0.39 is 0 Å². The fraction of sp³-hybridized carbons (Fsp3) is 0.385. The number of aryl methyl sites for hydroxylation is 1. The Kier molecular flexibility index (Phi) is 1.99. The quantitative estimate of drug-likeness (QED) is 0.608. The predicted molar refractivity (Wildman–Crippen MR) is 57.9 cm³/mol. The van der Waals surface area contributed by atoms with Crippen LogP contribution in [0.25, 0.3) is 6.08 Å². The molecule has 0 saturated carbocycles. The Morgan fingerprint density at radius 2 is 2.00 bits per heavy atom. The Balaban J connectivity index is 2.62. The van der Waals surface area contributed by atoms with Crippen LogP contribution in [0.2, 0.25) is 0 Å². The van der Waals surface area contributed by atoms with E-state index in [9.17, 15) is 0 Å². The fourth-order valence-corrected chi connectivity index (χ4v) is 2.22. The zero-order chi connectivity index (χ0) is 9.42. The molecule has 1 aromatic carbocycles. The highest BCUT2D eigenvalue weighted by Crippen LogP contribution is 2.29. The topological polar surface area (TPSA) is 0 Å². The van der Waals surface area contributed by atoms with Crippen LogP contribution in [0.4, 0.5) is 0 Å². The highest BCUT2D eigenvalue weighted by Gasteiger charge is 2.13. The molecule has 0 radical (unpaired) electrons. The van der Waals surface area contributed by atoms with Gasteiger partial charge in [0.15, 0.2) is 0 Å². The summed E-state index contributed by atoms with van der Waals surface area (Å²) in [7, 11) is 0. The molecule has 0 fully saturated rings. The van der Waals surface area contributed by atoms with Crippen LogP contribution in [0.1, 0.15) is 36.1 Å². The highest BCUT2D eigenvalue weighted by atomic mass is 14.2. The summed E-state index contributed by atoms with van der Waals surface area (Å²) in [5.41, 5.74) is 7.48. The van der Waals surface area contributed by atoms with Gasteiger partial charge in [-0.1, -0.05) is 30.7 Å². The summed E-state index contributed by atoms with van der Waals surface area (Å²) in [5.74, 6) is 0. The van der Waals surface area contributed by atoms with Gasteiger partial charge < -0.3 is 0 Å². The van der Waals surface area contributed by atoms with Gasteiger partial charge in [-0.15, -0.1) is 0 Å². The first-order valence-corrected chi connectivity index (χ1v) is 5.01. The SMILES string of the molecule is CCc1c(C)ccc2c1C=C(C)C2. The van der Waals surface area contributed by atoms with Gasteiger partial charge >= 0.3 is 0 Å². The average molecular weight is 172 g/mol. The van der Waals surface area contributed by atoms with Gasteiger partial charge in [0.1, 0.15) is 0 Å². The van der Waals surface area contributed by atoms with Crippen LogP contribution in [-0.2, 0) is 12.8 Å². The standard InChI is InChI=1S/C13H16/c1-4-12-10(3)5-6-11-7-9(2)8-13(11)12/h5-6,8H,4,7H2,1-3H3. The second-order valence-corrected chi connectivity index (χ2v) is 3.95. The zero-order valence-corrected chi connectivity index (χ0v) is 8.65. The fourth-order valence-electron chi connectivity index (χ4n) is 2.22. The normalized spacial score (nSPS) is 14.2. The molecule has 1 aliphatic rings. The molecule has 1 aliphatic carbocycles. The van der Waals surface area contributed by atoms with Gasteiger partial charge in [0, 0.05) is 0 Å². The minimum Gasteiger partial charge on any atom is -0.0683 e. The molecule has 0 bridgehead atoms. The zero-order valence-electron chi connectivity index (χ0n) is 8.65. The third-order valence-electron chi connectivity index (χ3n) is 2.90. The second-order valence-electron chi connectivity index (χ2n) is 3.95. The van der Waals surface area contributed by atoms with Crippen LogP contribution >= 0.6 is 0 Å². The molecule has 0 N–H and O–H groups in total. The molecule has 0 saturated heterocycles. The van der Waals surface area contributed by atoms with Crippen molar-refractivity contribution in [3.8, 4) is 0 Å². The van der Waals surface area contributed by atoms with Crippen LogP contribution < -0.4 is 0 Å². The molecular formula is C13H16. The van der Waals surface area contributed by atoms with Crippen molar-refractivity contribution in [3.05, 3.63) is 40.0 Å². The maximum absolute atomic E-state index is 2.35. The van der Waals surface area contributed by atoms with Crippen molar-refractivity contribution in [2.75, 3.05) is 0 Å². The van der Waals surface area contributed by atoms with E-state index in [0.717, 1.165) is 12.8 Å². The predicted octanol–water partition coefficient (Wildman–Crippen LogP) is 3.52. The Labute approximate surface area is 80.3 Å². The third kappa shape index (κ3) is 1.31. The van der Waals surface area contributed by atoms with E-state index in [1.807, 2.05) is 0 Å². The Bertz CT molecular complexity index is 370. The van der Waals surface area contributed by atoms with Crippen molar-refractivity contribution < 1.29 is 0 Å². The minimum atomic E-state index is 1.15. The van der Waals surface area contributed by atoms with Gasteiger partial charge in [0.25, 0.3) is 0 Å². The van der Waals surface area contributed by atoms with E-state index >= 15 is 0 Å². The summed E-state index contributed by atoms with van der Waals surface area (Å²) >= 11 is 0. The van der Waals surface area contributed by atoms with Crippen molar-refractivity contribution in [2.24, 2.45) is 0 Å². The maximum Gasteiger partial charge on any atom is -0.00605 e. The number of rotatable bonds is 1. The van der Waals surface area contributed by atoms with Crippen molar-refractivity contribution in [2.45, 2.75) is 33.6 Å². The molecule has 0 amide bonds. The van der Waals surface area contributed by atoms with E-state index in [2.05, 4.69) is 39.0 Å². The van der Waals surface area contributed by atoms with Gasteiger partial charge in [-0.2, -0.15) is 0 Å². The first-order valence-electron chi connectivity index (χ1n) is 5.01. The first-order chi connectivity index (χ1) is 6.22. The molecular weight excluding hydrogens is 156 g/mol. The summed E-state index contributed by atoms with van der Waals surface area (Å²) in [6.45, 7) is 6.67. The second kappa shape index (κ2) is 3.02. The van der Waals surface area contributed by atoms with Crippen LogP contribution in [0.5, 0.6) is 0 Å². The maximum atomic E-state index is 2.35. The molecule has 68 valence electrons. The molecule has 1 aromatic rings. The molecule has 0 aromatic heterocycles. The number of benzene rings is 1. The minimum absolute atomic E-state index is 1.15. The van der Waals surface area contributed by atoms with Crippen LogP contribution in [0.3, 0.4) is 0 Å². The molecule has 2 rings (SSSR count). The number of hydrogen-bond donors (Lipinski definition) is 0. The molecule has 0 heterocycles. The van der Waals surface area contributed by atoms with Crippen molar-refractivity contribution >= 4 is 6.08 Å². The van der Waals surface area contributed by atoms with Crippen molar-refractivity contribution in [3.63, 3.8) is 0 Å². The van der Waals surface area contributed by atoms with E-state index in [1.54, 1.807) is 0 Å². The Morgan fingerprint density at radius 3 is 2.69 bits per heavy atom. The Morgan fingerprint density at radius 1 is 1.23 bits per heavy atom. The van der Waals surface area contributed by atoms with Gasteiger partial charge in [-0.3, -0.25) is 0 Å². The lowest BCUT2D eigenvalue weighted by atomic mass is 9.97. The number of hydrogen-bond acceptors (Lipinski definition) is 0. The van der Waals surface area contributed by atoms with Crippen LogP contribution in [-0.4, -0.2) is 0 Å². The van der Waals surface area contributed by atoms with E-state index in [4.69, 9.17) is 0 Å². The molecule has 13 heavy (non-hydrogen) atoms.